The molecule has 2 aromatic rings. The van der Waals surface area contributed by atoms with Gasteiger partial charge in [0.25, 0.3) is 0 Å². The molecule has 0 aromatic carbocycles. The fourth-order valence-electron chi connectivity index (χ4n) is 2.93. The number of nitrogens with zero attached hydrogens (tertiary/aromatic N) is 3. The van der Waals surface area contributed by atoms with Gasteiger partial charge < -0.3 is 4.90 Å². The Balaban J connectivity index is 1.77. The molecule has 0 saturated heterocycles. The summed E-state index contributed by atoms with van der Waals surface area (Å²) in [5.41, 5.74) is 2.42. The first kappa shape index (κ1) is 16.5. The van der Waals surface area contributed by atoms with E-state index < -0.39 is 0 Å². The topological polar surface area (TPSA) is 46.1 Å². The molecule has 0 atom stereocenters. The van der Waals surface area contributed by atoms with Gasteiger partial charge in [-0.1, -0.05) is 23.9 Å². The van der Waals surface area contributed by atoms with Gasteiger partial charge in [-0.15, -0.1) is 11.3 Å². The number of thioether (sulfide) groups is 1. The fraction of sp³-hybridized carbons (Fsp3) is 0.471. The highest BCUT2D eigenvalue weighted by molar-refractivity contribution is 8.00. The molecule has 0 N–H and O–H groups in total. The molecular weight excluding hydrogens is 326 g/mol. The Hall–Kier alpha value is -1.40. The van der Waals surface area contributed by atoms with Crippen molar-refractivity contribution in [2.75, 3.05) is 18.8 Å². The van der Waals surface area contributed by atoms with E-state index >= 15 is 0 Å². The molecule has 122 valence electrons. The lowest BCUT2D eigenvalue weighted by molar-refractivity contribution is -0.127. The zero-order chi connectivity index (χ0) is 16.4. The average Bonchev–Trinajstić information content (AvgIpc) is 3.10. The second kappa shape index (κ2) is 7.01. The van der Waals surface area contributed by atoms with Gasteiger partial charge >= 0.3 is 0 Å². The molecule has 2 aromatic heterocycles. The molecule has 0 saturated carbocycles. The van der Waals surface area contributed by atoms with Crippen LogP contribution in [0.15, 0.2) is 23.5 Å². The highest BCUT2D eigenvalue weighted by atomic mass is 32.2. The van der Waals surface area contributed by atoms with Gasteiger partial charge in [0, 0.05) is 23.4 Å². The van der Waals surface area contributed by atoms with Gasteiger partial charge in [-0.3, -0.25) is 4.79 Å². The number of hydrogen-bond acceptors (Lipinski definition) is 5. The van der Waals surface area contributed by atoms with Gasteiger partial charge in [0.05, 0.1) is 5.75 Å². The Morgan fingerprint density at radius 2 is 2.26 bits per heavy atom. The van der Waals surface area contributed by atoms with Crippen molar-refractivity contribution >= 4 is 39.2 Å². The van der Waals surface area contributed by atoms with E-state index in [1.165, 1.54) is 34.0 Å². The van der Waals surface area contributed by atoms with Gasteiger partial charge in [0.15, 0.2) is 0 Å². The largest absolute Gasteiger partial charge is 0.338 e. The number of aryl methyl sites for hydroxylation is 2. The normalized spacial score (nSPS) is 13.3. The lowest BCUT2D eigenvalue weighted by atomic mass is 10.2. The minimum Gasteiger partial charge on any atom is -0.338 e. The minimum absolute atomic E-state index is 0.138. The van der Waals surface area contributed by atoms with E-state index in [1.54, 1.807) is 17.7 Å². The van der Waals surface area contributed by atoms with E-state index in [0.717, 1.165) is 28.3 Å². The molecule has 1 aliphatic rings. The predicted molar refractivity (Wildman–Crippen MR) is 97.2 cm³/mol. The molecule has 0 radical (unpaired) electrons. The number of hydrogen-bond donors (Lipinski definition) is 0. The van der Waals surface area contributed by atoms with Crippen LogP contribution in [0.2, 0.25) is 0 Å². The molecule has 23 heavy (non-hydrogen) atoms. The molecule has 3 rings (SSSR count). The van der Waals surface area contributed by atoms with Crippen molar-refractivity contribution in [3.8, 4) is 0 Å². The third kappa shape index (κ3) is 3.43. The molecular formula is C17H21N3OS2. The van der Waals surface area contributed by atoms with Crippen LogP contribution in [0, 0.1) is 0 Å². The van der Waals surface area contributed by atoms with Crippen molar-refractivity contribution in [2.24, 2.45) is 0 Å². The zero-order valence-electron chi connectivity index (χ0n) is 13.6. The molecule has 1 amide bonds. The van der Waals surface area contributed by atoms with Gasteiger partial charge in [0.1, 0.15) is 16.2 Å². The van der Waals surface area contributed by atoms with Crippen LogP contribution in [0.1, 0.15) is 30.7 Å². The summed E-state index contributed by atoms with van der Waals surface area (Å²) in [5, 5.41) is 2.14. The number of aromatic nitrogens is 2. The van der Waals surface area contributed by atoms with Gasteiger partial charge in [0.2, 0.25) is 5.91 Å². The first-order valence-electron chi connectivity index (χ1n) is 7.90. The Kier molecular flexibility index (Phi) is 5.02. The number of carbonyl (C=O) groups excluding carboxylic acids is 1. The van der Waals surface area contributed by atoms with E-state index in [0.29, 0.717) is 18.8 Å². The van der Waals surface area contributed by atoms with E-state index in [-0.39, 0.29) is 5.91 Å². The van der Waals surface area contributed by atoms with Gasteiger partial charge in [-0.05, 0) is 38.7 Å². The molecule has 0 unspecified atom stereocenters. The van der Waals surface area contributed by atoms with Crippen LogP contribution in [0.4, 0.5) is 0 Å². The molecule has 0 bridgehead atoms. The van der Waals surface area contributed by atoms with Crippen molar-refractivity contribution in [1.29, 1.82) is 0 Å². The Morgan fingerprint density at radius 3 is 3.00 bits per heavy atom. The summed E-state index contributed by atoms with van der Waals surface area (Å²) < 4.78 is 0. The summed E-state index contributed by atoms with van der Waals surface area (Å²) in [7, 11) is 0. The van der Waals surface area contributed by atoms with Crippen LogP contribution in [0.3, 0.4) is 0 Å². The van der Waals surface area contributed by atoms with Crippen molar-refractivity contribution in [2.45, 2.75) is 38.1 Å². The highest BCUT2D eigenvalue weighted by Gasteiger charge is 2.22. The summed E-state index contributed by atoms with van der Waals surface area (Å²) in [5.74, 6) is 0.553. The van der Waals surface area contributed by atoms with Crippen LogP contribution in [-0.4, -0.2) is 39.6 Å². The molecule has 0 fully saturated rings. The summed E-state index contributed by atoms with van der Waals surface area (Å²) in [6, 6.07) is 0. The van der Waals surface area contributed by atoms with E-state index in [1.807, 2.05) is 18.7 Å². The number of rotatable bonds is 6. The quantitative estimate of drug-likeness (QED) is 0.454. The molecule has 4 nitrogen and oxygen atoms in total. The Morgan fingerprint density at radius 1 is 1.43 bits per heavy atom. The van der Waals surface area contributed by atoms with E-state index in [4.69, 9.17) is 0 Å². The zero-order valence-corrected chi connectivity index (χ0v) is 15.2. The van der Waals surface area contributed by atoms with Gasteiger partial charge in [-0.2, -0.15) is 0 Å². The standard InChI is InChI=1S/C17H21N3OS2/c1-4-20(8-11(2)3)14(21)9-22-16-15-12-6-5-7-13(12)23-17(15)19-10-18-16/h10H,2,4-9H2,1,3H3. The molecule has 1 aliphatic carbocycles. The van der Waals surface area contributed by atoms with Crippen LogP contribution >= 0.6 is 23.1 Å². The van der Waals surface area contributed by atoms with Crippen LogP contribution in [0.5, 0.6) is 0 Å². The minimum atomic E-state index is 0.138. The summed E-state index contributed by atoms with van der Waals surface area (Å²) in [6.45, 7) is 9.18. The van der Waals surface area contributed by atoms with Crippen molar-refractivity contribution < 1.29 is 4.79 Å². The van der Waals surface area contributed by atoms with E-state index in [9.17, 15) is 4.79 Å². The van der Waals surface area contributed by atoms with E-state index in [2.05, 4.69) is 16.5 Å². The van der Waals surface area contributed by atoms with Gasteiger partial charge in [-0.25, -0.2) is 9.97 Å². The number of carbonyl (C=O) groups is 1. The molecule has 2 heterocycles. The summed E-state index contributed by atoms with van der Waals surface area (Å²) in [6.07, 6.45) is 5.10. The van der Waals surface area contributed by atoms with Crippen LogP contribution < -0.4 is 0 Å². The molecule has 6 heteroatoms. The lowest BCUT2D eigenvalue weighted by Crippen LogP contribution is -2.33. The number of amides is 1. The maximum Gasteiger partial charge on any atom is 0.233 e. The first-order chi connectivity index (χ1) is 11.1. The molecule has 0 spiro atoms. The van der Waals surface area contributed by atoms with Crippen LogP contribution in [-0.2, 0) is 17.6 Å². The predicted octanol–water partition coefficient (Wildman–Crippen LogP) is 3.70. The summed E-state index contributed by atoms with van der Waals surface area (Å²) in [4.78, 5) is 25.6. The van der Waals surface area contributed by atoms with Crippen molar-refractivity contribution in [3.05, 3.63) is 28.9 Å². The monoisotopic (exact) mass is 347 g/mol. The number of fused-ring (bicyclic) bond motifs is 3. The Bertz CT molecular complexity index is 754. The second-order valence-electron chi connectivity index (χ2n) is 5.87. The SMILES string of the molecule is C=C(C)CN(CC)C(=O)CSc1ncnc2sc3c(c12)CCC3. The second-order valence-corrected chi connectivity index (χ2v) is 7.92. The number of likely N-dealkylation sites (N-methyl/N-ethyl adjacent to an activating group) is 1. The van der Waals surface area contributed by atoms with Crippen LogP contribution in [0.25, 0.3) is 10.2 Å². The maximum absolute atomic E-state index is 12.4. The smallest absolute Gasteiger partial charge is 0.233 e. The molecule has 0 aliphatic heterocycles. The average molecular weight is 348 g/mol. The highest BCUT2D eigenvalue weighted by Crippen LogP contribution is 2.39. The first-order valence-corrected chi connectivity index (χ1v) is 9.70. The lowest BCUT2D eigenvalue weighted by Gasteiger charge is -2.20. The van der Waals surface area contributed by atoms with Crippen molar-refractivity contribution in [3.63, 3.8) is 0 Å². The summed E-state index contributed by atoms with van der Waals surface area (Å²) >= 11 is 3.32. The third-order valence-electron chi connectivity index (χ3n) is 3.99. The Labute approximate surface area is 145 Å². The number of thiophene rings is 1. The van der Waals surface area contributed by atoms with Crippen molar-refractivity contribution in [1.82, 2.24) is 14.9 Å². The third-order valence-corrected chi connectivity index (χ3v) is 6.17. The maximum atomic E-state index is 12.4. The fourth-order valence-corrected chi connectivity index (χ4v) is 5.15.